The number of phenolic OH excluding ortho intramolecular Hbond substituents is 1. The van der Waals surface area contributed by atoms with Gasteiger partial charge >= 0.3 is 0 Å². The average molecular weight is 264 g/mol. The summed E-state index contributed by atoms with van der Waals surface area (Å²) in [6.45, 7) is 1.45. The number of aromatic hydroxyl groups is 1. The number of rotatable bonds is 3. The second-order valence-corrected chi connectivity index (χ2v) is 4.66. The number of amides is 2. The van der Waals surface area contributed by atoms with E-state index in [0.717, 1.165) is 5.56 Å². The van der Waals surface area contributed by atoms with Crippen molar-refractivity contribution in [1.29, 1.82) is 0 Å². The van der Waals surface area contributed by atoms with E-state index in [-0.39, 0.29) is 11.7 Å². The first-order valence-electron chi connectivity index (χ1n) is 6.04. The number of carbonyl (C=O) groups excluding carboxylic acids is 2. The van der Waals surface area contributed by atoms with Gasteiger partial charge in [0.15, 0.2) is 0 Å². The number of aliphatic hydroxyl groups excluding tert-OH is 1. The van der Waals surface area contributed by atoms with Gasteiger partial charge in [0, 0.05) is 6.42 Å². The van der Waals surface area contributed by atoms with Crippen LogP contribution in [0.4, 0.5) is 0 Å². The van der Waals surface area contributed by atoms with Gasteiger partial charge in [-0.3, -0.25) is 9.59 Å². The number of hydrogen-bond donors (Lipinski definition) is 4. The number of carbonyl (C=O) groups is 2. The Morgan fingerprint density at radius 3 is 2.37 bits per heavy atom. The van der Waals surface area contributed by atoms with Crippen molar-refractivity contribution >= 4 is 11.8 Å². The average Bonchev–Trinajstić information content (AvgIpc) is 2.35. The monoisotopic (exact) mass is 264 g/mol. The fourth-order valence-electron chi connectivity index (χ4n) is 2.00. The molecule has 2 amide bonds. The van der Waals surface area contributed by atoms with Crippen LogP contribution in [0.3, 0.4) is 0 Å². The fourth-order valence-corrected chi connectivity index (χ4v) is 2.00. The smallest absolute Gasteiger partial charge is 0.245 e. The Bertz CT molecular complexity index is 484. The van der Waals surface area contributed by atoms with Crippen molar-refractivity contribution in [3.63, 3.8) is 0 Å². The molecule has 1 saturated heterocycles. The van der Waals surface area contributed by atoms with E-state index in [1.54, 1.807) is 12.1 Å². The van der Waals surface area contributed by atoms with Gasteiger partial charge in [0.2, 0.25) is 11.8 Å². The minimum Gasteiger partial charge on any atom is -0.508 e. The second kappa shape index (κ2) is 5.27. The molecule has 0 bridgehead atoms. The number of hydrogen-bond acceptors (Lipinski definition) is 4. The molecule has 0 aliphatic carbocycles. The van der Waals surface area contributed by atoms with Crippen molar-refractivity contribution in [3.8, 4) is 5.75 Å². The van der Waals surface area contributed by atoms with Crippen LogP contribution in [0, 0.1) is 0 Å². The van der Waals surface area contributed by atoms with Gasteiger partial charge < -0.3 is 20.8 Å². The first-order valence-corrected chi connectivity index (χ1v) is 6.04. The molecule has 4 N–H and O–H groups in total. The summed E-state index contributed by atoms with van der Waals surface area (Å²) in [5.41, 5.74) is 0.828. The standard InChI is InChI=1S/C13H16N2O4/c1-7(16)11-13(19)14-10(12(18)15-11)6-8-2-4-9(17)5-3-8/h2-5,7,10-11,16-17H,6H2,1H3,(H,14,19)(H,15,18)/t7-,10-,11-/m0/s1. The lowest BCUT2D eigenvalue weighted by Gasteiger charge is -2.31. The van der Waals surface area contributed by atoms with E-state index in [4.69, 9.17) is 0 Å². The molecule has 0 saturated carbocycles. The van der Waals surface area contributed by atoms with Crippen molar-refractivity contribution in [2.45, 2.75) is 31.5 Å². The highest BCUT2D eigenvalue weighted by Gasteiger charge is 2.35. The van der Waals surface area contributed by atoms with Gasteiger partial charge in [0.25, 0.3) is 0 Å². The fraction of sp³-hybridized carbons (Fsp3) is 0.385. The largest absolute Gasteiger partial charge is 0.508 e. The molecular formula is C13H16N2O4. The third-order valence-corrected chi connectivity index (χ3v) is 3.07. The summed E-state index contributed by atoms with van der Waals surface area (Å²) in [6, 6.07) is 4.87. The minimum absolute atomic E-state index is 0.148. The maximum Gasteiger partial charge on any atom is 0.245 e. The van der Waals surface area contributed by atoms with Gasteiger partial charge in [-0.25, -0.2) is 0 Å². The second-order valence-electron chi connectivity index (χ2n) is 4.66. The summed E-state index contributed by atoms with van der Waals surface area (Å²) in [5.74, 6) is -0.563. The van der Waals surface area contributed by atoms with Crippen LogP contribution < -0.4 is 10.6 Å². The Morgan fingerprint density at radius 1 is 1.16 bits per heavy atom. The Morgan fingerprint density at radius 2 is 1.79 bits per heavy atom. The van der Waals surface area contributed by atoms with E-state index >= 15 is 0 Å². The molecule has 3 atom stereocenters. The SMILES string of the molecule is C[C@H](O)[C@@H]1NC(=O)[C@H](Cc2ccc(O)cc2)NC1=O. The third kappa shape index (κ3) is 3.03. The van der Waals surface area contributed by atoms with E-state index in [2.05, 4.69) is 10.6 Å². The van der Waals surface area contributed by atoms with Gasteiger partial charge in [-0.05, 0) is 24.6 Å². The number of aliphatic hydroxyl groups is 1. The predicted octanol–water partition coefficient (Wildman–Crippen LogP) is -0.701. The molecule has 1 aliphatic rings. The molecule has 1 aromatic carbocycles. The number of nitrogens with one attached hydrogen (secondary N) is 2. The molecule has 0 spiro atoms. The quantitative estimate of drug-likeness (QED) is 0.580. The summed E-state index contributed by atoms with van der Waals surface area (Å²) in [4.78, 5) is 23.5. The van der Waals surface area contributed by atoms with Crippen LogP contribution in [-0.2, 0) is 16.0 Å². The van der Waals surface area contributed by atoms with Crippen LogP contribution in [0.2, 0.25) is 0 Å². The lowest BCUT2D eigenvalue weighted by molar-refractivity contribution is -0.139. The van der Waals surface area contributed by atoms with Crippen molar-refractivity contribution < 1.29 is 19.8 Å². The summed E-state index contributed by atoms with van der Waals surface area (Å²) in [7, 11) is 0. The van der Waals surface area contributed by atoms with Gasteiger partial charge in [-0.15, -0.1) is 0 Å². The van der Waals surface area contributed by atoms with E-state index in [1.165, 1.54) is 19.1 Å². The first-order chi connectivity index (χ1) is 8.97. The molecule has 102 valence electrons. The van der Waals surface area contributed by atoms with Gasteiger partial charge in [0.1, 0.15) is 17.8 Å². The van der Waals surface area contributed by atoms with Crippen molar-refractivity contribution in [3.05, 3.63) is 29.8 Å². The Balaban J connectivity index is 2.04. The third-order valence-electron chi connectivity index (χ3n) is 3.07. The van der Waals surface area contributed by atoms with Crippen molar-refractivity contribution in [2.24, 2.45) is 0 Å². The molecular weight excluding hydrogens is 248 g/mol. The molecule has 0 radical (unpaired) electrons. The van der Waals surface area contributed by atoms with E-state index < -0.39 is 24.1 Å². The molecule has 0 aromatic heterocycles. The summed E-state index contributed by atoms with van der Waals surface area (Å²) < 4.78 is 0. The lowest BCUT2D eigenvalue weighted by Crippen LogP contribution is -2.65. The van der Waals surface area contributed by atoms with E-state index in [0.29, 0.717) is 6.42 Å². The molecule has 0 unspecified atom stereocenters. The van der Waals surface area contributed by atoms with Crippen molar-refractivity contribution in [1.82, 2.24) is 10.6 Å². The topological polar surface area (TPSA) is 98.7 Å². The maximum absolute atomic E-state index is 11.8. The summed E-state index contributed by atoms with van der Waals surface area (Å²) in [6.07, 6.45) is -0.594. The highest BCUT2D eigenvalue weighted by atomic mass is 16.3. The molecule has 6 nitrogen and oxygen atoms in total. The maximum atomic E-state index is 11.8. The van der Waals surface area contributed by atoms with E-state index in [9.17, 15) is 19.8 Å². The van der Waals surface area contributed by atoms with Gasteiger partial charge in [-0.2, -0.15) is 0 Å². The first kappa shape index (κ1) is 13.4. The highest BCUT2D eigenvalue weighted by molar-refractivity contribution is 5.97. The van der Waals surface area contributed by atoms with Gasteiger partial charge in [-0.1, -0.05) is 12.1 Å². The summed E-state index contributed by atoms with van der Waals surface area (Å²) in [5, 5.41) is 23.6. The van der Waals surface area contributed by atoms with Crippen LogP contribution in [-0.4, -0.2) is 40.2 Å². The minimum atomic E-state index is -0.932. The molecule has 6 heteroatoms. The van der Waals surface area contributed by atoms with E-state index in [1.807, 2.05) is 0 Å². The van der Waals surface area contributed by atoms with Gasteiger partial charge in [0.05, 0.1) is 6.10 Å². The molecule has 1 heterocycles. The highest BCUT2D eigenvalue weighted by Crippen LogP contribution is 2.13. The normalized spacial score (nSPS) is 24.5. The van der Waals surface area contributed by atoms with Crippen LogP contribution in [0.15, 0.2) is 24.3 Å². The number of benzene rings is 1. The zero-order chi connectivity index (χ0) is 14.0. The molecule has 1 aliphatic heterocycles. The lowest BCUT2D eigenvalue weighted by atomic mass is 10.0. The molecule has 1 fully saturated rings. The number of phenols is 1. The molecule has 2 rings (SSSR count). The summed E-state index contributed by atoms with van der Waals surface area (Å²) >= 11 is 0. The van der Waals surface area contributed by atoms with Crippen LogP contribution in [0.1, 0.15) is 12.5 Å². The van der Waals surface area contributed by atoms with Crippen molar-refractivity contribution in [2.75, 3.05) is 0 Å². The van der Waals surface area contributed by atoms with Crippen LogP contribution in [0.5, 0.6) is 5.75 Å². The predicted molar refractivity (Wildman–Crippen MR) is 67.4 cm³/mol. The molecule has 1 aromatic rings. The Hall–Kier alpha value is -2.08. The zero-order valence-electron chi connectivity index (χ0n) is 10.5. The number of piperazine rings is 1. The zero-order valence-corrected chi connectivity index (χ0v) is 10.5. The van der Waals surface area contributed by atoms with Crippen LogP contribution >= 0.6 is 0 Å². The van der Waals surface area contributed by atoms with Crippen LogP contribution in [0.25, 0.3) is 0 Å². The Kier molecular flexibility index (Phi) is 3.71. The Labute approximate surface area is 110 Å². The molecule has 19 heavy (non-hydrogen) atoms.